The molecule has 100 valence electrons. The minimum absolute atomic E-state index is 0.0267. The first kappa shape index (κ1) is 14.1. The molecule has 0 aliphatic heterocycles. The molecule has 2 rings (SSSR count). The first-order valence-corrected chi connectivity index (χ1v) is 8.70. The van der Waals surface area contributed by atoms with Gasteiger partial charge in [0.1, 0.15) is 4.88 Å². The van der Waals surface area contributed by atoms with Gasteiger partial charge in [-0.1, -0.05) is 18.2 Å². The van der Waals surface area contributed by atoms with Gasteiger partial charge in [-0.3, -0.25) is 0 Å². The monoisotopic (exact) mass is 314 g/mol. The normalized spacial score (nSPS) is 11.4. The Hall–Kier alpha value is -1.31. The van der Waals surface area contributed by atoms with Gasteiger partial charge < -0.3 is 5.11 Å². The van der Waals surface area contributed by atoms with E-state index in [4.69, 9.17) is 5.11 Å². The van der Waals surface area contributed by atoms with Crippen LogP contribution in [0.2, 0.25) is 0 Å². The van der Waals surface area contributed by atoms with E-state index in [-0.39, 0.29) is 14.7 Å². The summed E-state index contributed by atoms with van der Waals surface area (Å²) >= 11 is 2.20. The summed E-state index contributed by atoms with van der Waals surface area (Å²) in [5, 5.41) is 8.96. The third kappa shape index (κ3) is 2.68. The summed E-state index contributed by atoms with van der Waals surface area (Å²) in [6.45, 7) is 0. The van der Waals surface area contributed by atoms with Crippen LogP contribution in [0.25, 0.3) is 0 Å². The molecule has 7 heteroatoms. The molecule has 0 amide bonds. The molecule has 0 saturated carbocycles. The van der Waals surface area contributed by atoms with Crippen LogP contribution in [0.1, 0.15) is 9.67 Å². The van der Waals surface area contributed by atoms with E-state index in [1.54, 1.807) is 24.5 Å². The van der Waals surface area contributed by atoms with Gasteiger partial charge in [0.15, 0.2) is 0 Å². The van der Waals surface area contributed by atoms with Gasteiger partial charge in [-0.2, -0.15) is 0 Å². The molecule has 0 fully saturated rings. The van der Waals surface area contributed by atoms with Crippen LogP contribution in [0.15, 0.2) is 50.4 Å². The van der Waals surface area contributed by atoms with Crippen molar-refractivity contribution >= 4 is 38.9 Å². The maximum atomic E-state index is 12.4. The van der Waals surface area contributed by atoms with Gasteiger partial charge in [0.05, 0.1) is 14.0 Å². The smallest absolute Gasteiger partial charge is 0.345 e. The van der Waals surface area contributed by atoms with Gasteiger partial charge in [-0.05, 0) is 24.5 Å². The molecule has 0 bridgehead atoms. The summed E-state index contributed by atoms with van der Waals surface area (Å²) in [6, 6.07) is 9.22. The van der Waals surface area contributed by atoms with Crippen LogP contribution >= 0.6 is 23.1 Å². The second-order valence-corrected chi connectivity index (χ2v) is 7.63. The highest BCUT2D eigenvalue weighted by molar-refractivity contribution is 8.01. The SMILES string of the molecule is CSc1sc(C(=O)O)cc1S(=O)(=O)c1ccccc1. The molecule has 2 aromatic rings. The predicted octanol–water partition coefficient (Wildman–Crippen LogP) is 3.00. The maximum absolute atomic E-state index is 12.4. The third-order valence-electron chi connectivity index (χ3n) is 2.41. The van der Waals surface area contributed by atoms with Crippen molar-refractivity contribution in [3.63, 3.8) is 0 Å². The highest BCUT2D eigenvalue weighted by Gasteiger charge is 2.25. The second kappa shape index (κ2) is 5.36. The molecule has 1 N–H and O–H groups in total. The van der Waals surface area contributed by atoms with E-state index in [0.29, 0.717) is 4.21 Å². The van der Waals surface area contributed by atoms with Crippen molar-refractivity contribution in [1.29, 1.82) is 0 Å². The maximum Gasteiger partial charge on any atom is 0.345 e. The van der Waals surface area contributed by atoms with Gasteiger partial charge in [-0.15, -0.1) is 23.1 Å². The molecule has 0 aliphatic rings. The van der Waals surface area contributed by atoms with Gasteiger partial charge in [0, 0.05) is 0 Å². The first-order chi connectivity index (χ1) is 8.96. The summed E-state index contributed by atoms with van der Waals surface area (Å²) in [5.41, 5.74) is 0. The molecule has 0 radical (unpaired) electrons. The fraction of sp³-hybridized carbons (Fsp3) is 0.0833. The van der Waals surface area contributed by atoms with E-state index in [2.05, 4.69) is 0 Å². The summed E-state index contributed by atoms with van der Waals surface area (Å²) in [7, 11) is -3.67. The molecule has 0 saturated heterocycles. The number of rotatable bonds is 4. The minimum atomic E-state index is -3.67. The standard InChI is InChI=1S/C12H10O4S3/c1-17-12-10(7-9(18-12)11(13)14)19(15,16)8-5-3-2-4-6-8/h2-7H,1H3,(H,13,14). The quantitative estimate of drug-likeness (QED) is 0.878. The number of hydrogen-bond donors (Lipinski definition) is 1. The van der Waals surface area contributed by atoms with Crippen molar-refractivity contribution in [3.8, 4) is 0 Å². The second-order valence-electron chi connectivity index (χ2n) is 3.59. The minimum Gasteiger partial charge on any atom is -0.477 e. The summed E-state index contributed by atoms with van der Waals surface area (Å²) < 4.78 is 25.4. The Bertz CT molecular complexity index is 702. The number of carbonyl (C=O) groups is 1. The van der Waals surface area contributed by atoms with Crippen molar-refractivity contribution in [2.24, 2.45) is 0 Å². The molecule has 1 heterocycles. The Morgan fingerprint density at radius 1 is 1.26 bits per heavy atom. The Kier molecular flexibility index (Phi) is 3.98. The van der Waals surface area contributed by atoms with Crippen LogP contribution in [0.3, 0.4) is 0 Å². The summed E-state index contributed by atoms with van der Waals surface area (Å²) in [4.78, 5) is 11.2. The molecular formula is C12H10O4S3. The van der Waals surface area contributed by atoms with E-state index in [9.17, 15) is 13.2 Å². The van der Waals surface area contributed by atoms with E-state index in [1.165, 1.54) is 30.0 Å². The van der Waals surface area contributed by atoms with Gasteiger partial charge >= 0.3 is 5.97 Å². The van der Waals surface area contributed by atoms with Crippen LogP contribution in [-0.2, 0) is 9.84 Å². The number of benzene rings is 1. The number of carboxylic acid groups (broad SMARTS) is 1. The van der Waals surface area contributed by atoms with Gasteiger partial charge in [0.2, 0.25) is 9.84 Å². The predicted molar refractivity (Wildman–Crippen MR) is 75.0 cm³/mol. The largest absolute Gasteiger partial charge is 0.477 e. The molecular weight excluding hydrogens is 304 g/mol. The zero-order valence-corrected chi connectivity index (χ0v) is 12.3. The van der Waals surface area contributed by atoms with Crippen LogP contribution in [0.5, 0.6) is 0 Å². The topological polar surface area (TPSA) is 71.4 Å². The molecule has 1 aromatic carbocycles. The van der Waals surface area contributed by atoms with Crippen LogP contribution in [-0.4, -0.2) is 25.7 Å². The first-order valence-electron chi connectivity index (χ1n) is 5.18. The molecule has 19 heavy (non-hydrogen) atoms. The van der Waals surface area contributed by atoms with Crippen molar-refractivity contribution in [2.75, 3.05) is 6.26 Å². The van der Waals surface area contributed by atoms with E-state index < -0.39 is 15.8 Å². The number of hydrogen-bond acceptors (Lipinski definition) is 5. The van der Waals surface area contributed by atoms with Crippen molar-refractivity contribution < 1.29 is 18.3 Å². The number of thioether (sulfide) groups is 1. The Labute approximate surface area is 119 Å². The van der Waals surface area contributed by atoms with Crippen LogP contribution < -0.4 is 0 Å². The molecule has 0 aliphatic carbocycles. The average molecular weight is 314 g/mol. The van der Waals surface area contributed by atoms with Gasteiger partial charge in [0.25, 0.3) is 0 Å². The lowest BCUT2D eigenvalue weighted by molar-refractivity contribution is 0.0702. The van der Waals surface area contributed by atoms with Crippen LogP contribution in [0.4, 0.5) is 0 Å². The fourth-order valence-electron chi connectivity index (χ4n) is 1.52. The van der Waals surface area contributed by atoms with Crippen LogP contribution in [0, 0.1) is 0 Å². The lowest BCUT2D eigenvalue weighted by Gasteiger charge is -2.03. The highest BCUT2D eigenvalue weighted by atomic mass is 32.2. The van der Waals surface area contributed by atoms with Gasteiger partial charge in [-0.25, -0.2) is 13.2 Å². The molecule has 0 spiro atoms. The zero-order chi connectivity index (χ0) is 14.0. The molecule has 0 atom stereocenters. The lowest BCUT2D eigenvalue weighted by Crippen LogP contribution is -2.01. The molecule has 0 unspecified atom stereocenters. The summed E-state index contributed by atoms with van der Waals surface area (Å²) in [5.74, 6) is -1.12. The van der Waals surface area contributed by atoms with Crippen molar-refractivity contribution in [3.05, 3.63) is 41.3 Å². The molecule has 1 aromatic heterocycles. The number of aromatic carboxylic acids is 1. The fourth-order valence-corrected chi connectivity index (χ4v) is 5.37. The number of carboxylic acids is 1. The number of sulfone groups is 1. The Morgan fingerprint density at radius 3 is 2.42 bits per heavy atom. The highest BCUT2D eigenvalue weighted by Crippen LogP contribution is 2.36. The van der Waals surface area contributed by atoms with E-state index in [1.807, 2.05) is 0 Å². The Balaban J connectivity index is 2.61. The zero-order valence-electron chi connectivity index (χ0n) is 9.86. The lowest BCUT2D eigenvalue weighted by atomic mass is 10.4. The molecule has 4 nitrogen and oxygen atoms in total. The average Bonchev–Trinajstić information content (AvgIpc) is 2.85. The van der Waals surface area contributed by atoms with E-state index in [0.717, 1.165) is 11.3 Å². The van der Waals surface area contributed by atoms with Crippen molar-refractivity contribution in [2.45, 2.75) is 14.0 Å². The summed E-state index contributed by atoms with van der Waals surface area (Å²) in [6.07, 6.45) is 1.72. The van der Waals surface area contributed by atoms with E-state index >= 15 is 0 Å². The third-order valence-corrected chi connectivity index (χ3v) is 6.72. The van der Waals surface area contributed by atoms with Crippen molar-refractivity contribution in [1.82, 2.24) is 0 Å². The Morgan fingerprint density at radius 2 is 1.89 bits per heavy atom. The number of thiophene rings is 1.